The number of aliphatic hydroxyl groups is 1. The third-order valence-corrected chi connectivity index (χ3v) is 4.52. The molecule has 2 rings (SSSR count). The smallest absolute Gasteiger partial charge is 0.0932 e. The Hall–Kier alpha value is -0.0500. The molecule has 1 heterocycles. The van der Waals surface area contributed by atoms with Crippen molar-refractivity contribution in [2.45, 2.75) is 32.3 Å². The van der Waals surface area contributed by atoms with Gasteiger partial charge in [0, 0.05) is 4.88 Å². The molecular weight excluding hydrogens is 216 g/mol. The summed E-state index contributed by atoms with van der Waals surface area (Å²) in [6.07, 6.45) is 3.35. The summed E-state index contributed by atoms with van der Waals surface area (Å²) in [6.45, 7) is 2.23. The van der Waals surface area contributed by atoms with E-state index in [1.54, 1.807) is 0 Å². The fraction of sp³-hybridized carbons (Fsp3) is 0.636. The molecule has 0 spiro atoms. The van der Waals surface area contributed by atoms with Gasteiger partial charge in [0.1, 0.15) is 0 Å². The molecule has 3 heteroatoms. The van der Waals surface area contributed by atoms with Crippen LogP contribution in [0.3, 0.4) is 0 Å². The first-order chi connectivity index (χ1) is 6.68. The van der Waals surface area contributed by atoms with Gasteiger partial charge >= 0.3 is 0 Å². The van der Waals surface area contributed by atoms with Crippen LogP contribution in [0.25, 0.3) is 0 Å². The maximum Gasteiger partial charge on any atom is 0.0932 e. The Kier molecular flexibility index (Phi) is 3.15. The van der Waals surface area contributed by atoms with Crippen LogP contribution in [0.5, 0.6) is 0 Å². The average molecular weight is 231 g/mol. The Bertz CT molecular complexity index is 310. The van der Waals surface area contributed by atoms with E-state index >= 15 is 0 Å². The Morgan fingerprint density at radius 2 is 2.29 bits per heavy atom. The molecule has 1 aromatic rings. The van der Waals surface area contributed by atoms with E-state index in [-0.39, 0.29) is 6.10 Å². The lowest BCUT2D eigenvalue weighted by atomic mass is 9.91. The lowest BCUT2D eigenvalue weighted by molar-refractivity contribution is 0.0933. The SMILES string of the molecule is CC1CCCC1C(O)c1ccc(Cl)s1. The summed E-state index contributed by atoms with van der Waals surface area (Å²) in [6, 6.07) is 3.81. The second-order valence-corrected chi connectivity index (χ2v) is 5.91. The van der Waals surface area contributed by atoms with E-state index in [0.29, 0.717) is 11.8 Å². The van der Waals surface area contributed by atoms with Crippen molar-refractivity contribution in [1.82, 2.24) is 0 Å². The van der Waals surface area contributed by atoms with Crippen LogP contribution in [0.15, 0.2) is 12.1 Å². The molecule has 1 aromatic heterocycles. The number of rotatable bonds is 2. The minimum absolute atomic E-state index is 0.301. The van der Waals surface area contributed by atoms with E-state index in [9.17, 15) is 5.11 Å². The highest BCUT2D eigenvalue weighted by Gasteiger charge is 2.31. The minimum Gasteiger partial charge on any atom is -0.387 e. The van der Waals surface area contributed by atoms with E-state index in [1.165, 1.54) is 24.2 Å². The molecule has 1 N–H and O–H groups in total. The highest BCUT2D eigenvalue weighted by molar-refractivity contribution is 7.16. The number of halogens is 1. The van der Waals surface area contributed by atoms with Gasteiger partial charge in [-0.2, -0.15) is 0 Å². The average Bonchev–Trinajstić information content (AvgIpc) is 2.73. The van der Waals surface area contributed by atoms with Crippen molar-refractivity contribution >= 4 is 22.9 Å². The van der Waals surface area contributed by atoms with Gasteiger partial charge in [0.15, 0.2) is 0 Å². The Morgan fingerprint density at radius 1 is 1.50 bits per heavy atom. The van der Waals surface area contributed by atoms with Crippen molar-refractivity contribution in [1.29, 1.82) is 0 Å². The number of aliphatic hydroxyl groups excluding tert-OH is 1. The summed E-state index contributed by atoms with van der Waals surface area (Å²) in [5.74, 6) is 1.08. The van der Waals surface area contributed by atoms with Gasteiger partial charge in [-0.15, -0.1) is 11.3 Å². The van der Waals surface area contributed by atoms with Gasteiger partial charge < -0.3 is 5.11 Å². The largest absolute Gasteiger partial charge is 0.387 e. The van der Waals surface area contributed by atoms with Crippen molar-refractivity contribution in [2.75, 3.05) is 0 Å². The van der Waals surface area contributed by atoms with E-state index in [1.807, 2.05) is 12.1 Å². The molecule has 0 aromatic carbocycles. The molecule has 0 saturated heterocycles. The predicted octanol–water partition coefficient (Wildman–Crippen LogP) is 3.87. The molecule has 0 aliphatic heterocycles. The van der Waals surface area contributed by atoms with Gasteiger partial charge in [-0.3, -0.25) is 0 Å². The van der Waals surface area contributed by atoms with Crippen molar-refractivity contribution in [3.63, 3.8) is 0 Å². The van der Waals surface area contributed by atoms with Crippen LogP contribution >= 0.6 is 22.9 Å². The maximum atomic E-state index is 10.2. The molecule has 1 saturated carbocycles. The van der Waals surface area contributed by atoms with Gasteiger partial charge in [-0.25, -0.2) is 0 Å². The van der Waals surface area contributed by atoms with E-state index in [2.05, 4.69) is 6.92 Å². The topological polar surface area (TPSA) is 20.2 Å². The van der Waals surface area contributed by atoms with Crippen LogP contribution in [-0.2, 0) is 0 Å². The lowest BCUT2D eigenvalue weighted by Crippen LogP contribution is -2.13. The Labute approximate surface area is 93.7 Å². The second-order valence-electron chi connectivity index (χ2n) is 4.16. The molecule has 1 fully saturated rings. The molecule has 3 unspecified atom stereocenters. The molecule has 3 atom stereocenters. The van der Waals surface area contributed by atoms with E-state index in [0.717, 1.165) is 15.6 Å². The van der Waals surface area contributed by atoms with Crippen LogP contribution < -0.4 is 0 Å². The zero-order valence-electron chi connectivity index (χ0n) is 8.24. The quantitative estimate of drug-likeness (QED) is 0.818. The van der Waals surface area contributed by atoms with Gasteiger partial charge in [-0.1, -0.05) is 31.4 Å². The summed E-state index contributed by atoms with van der Waals surface area (Å²) in [5.41, 5.74) is 0. The van der Waals surface area contributed by atoms with Crippen molar-refractivity contribution in [3.8, 4) is 0 Å². The fourth-order valence-electron chi connectivity index (χ4n) is 2.34. The third-order valence-electron chi connectivity index (χ3n) is 3.22. The second kappa shape index (κ2) is 4.21. The van der Waals surface area contributed by atoms with Crippen LogP contribution in [0.2, 0.25) is 4.34 Å². The number of hydrogen-bond donors (Lipinski definition) is 1. The molecular formula is C11H15ClOS. The standard InChI is InChI=1S/C11H15ClOS/c1-7-3-2-4-8(7)11(13)9-5-6-10(12)14-9/h5-8,11,13H,2-4H2,1H3. The minimum atomic E-state index is -0.301. The summed E-state index contributed by atoms with van der Waals surface area (Å²) in [4.78, 5) is 1.02. The van der Waals surface area contributed by atoms with Gasteiger partial charge in [0.2, 0.25) is 0 Å². The van der Waals surface area contributed by atoms with Crippen LogP contribution in [0, 0.1) is 11.8 Å². The molecule has 0 amide bonds. The van der Waals surface area contributed by atoms with Crippen LogP contribution in [-0.4, -0.2) is 5.11 Å². The monoisotopic (exact) mass is 230 g/mol. The highest BCUT2D eigenvalue weighted by Crippen LogP contribution is 2.42. The van der Waals surface area contributed by atoms with Crippen LogP contribution in [0.4, 0.5) is 0 Å². The zero-order valence-corrected chi connectivity index (χ0v) is 9.81. The molecule has 14 heavy (non-hydrogen) atoms. The summed E-state index contributed by atoms with van der Waals surface area (Å²) in [5, 5.41) is 10.2. The normalized spacial score (nSPS) is 29.4. The molecule has 0 bridgehead atoms. The van der Waals surface area contributed by atoms with Crippen molar-refractivity contribution in [2.24, 2.45) is 11.8 Å². The predicted molar refractivity (Wildman–Crippen MR) is 60.8 cm³/mol. The summed E-state index contributed by atoms with van der Waals surface area (Å²) < 4.78 is 0.768. The third kappa shape index (κ3) is 1.97. The van der Waals surface area contributed by atoms with E-state index < -0.39 is 0 Å². The molecule has 1 aliphatic carbocycles. The first-order valence-electron chi connectivity index (χ1n) is 5.12. The first-order valence-corrected chi connectivity index (χ1v) is 6.31. The van der Waals surface area contributed by atoms with Gasteiger partial charge in [0.05, 0.1) is 10.4 Å². The van der Waals surface area contributed by atoms with Gasteiger partial charge in [-0.05, 0) is 30.4 Å². The summed E-state index contributed by atoms with van der Waals surface area (Å²) in [7, 11) is 0. The Balaban J connectivity index is 2.11. The lowest BCUT2D eigenvalue weighted by Gasteiger charge is -2.20. The van der Waals surface area contributed by atoms with Gasteiger partial charge in [0.25, 0.3) is 0 Å². The zero-order chi connectivity index (χ0) is 10.1. The maximum absolute atomic E-state index is 10.2. The van der Waals surface area contributed by atoms with Crippen molar-refractivity contribution < 1.29 is 5.11 Å². The van der Waals surface area contributed by atoms with Crippen molar-refractivity contribution in [3.05, 3.63) is 21.3 Å². The molecule has 0 radical (unpaired) electrons. The Morgan fingerprint density at radius 3 is 2.79 bits per heavy atom. The molecule has 1 aliphatic rings. The van der Waals surface area contributed by atoms with E-state index in [4.69, 9.17) is 11.6 Å². The van der Waals surface area contributed by atoms with Crippen LogP contribution in [0.1, 0.15) is 37.2 Å². The fourth-order valence-corrected chi connectivity index (χ4v) is 3.46. The highest BCUT2D eigenvalue weighted by atomic mass is 35.5. The number of thiophene rings is 1. The number of hydrogen-bond acceptors (Lipinski definition) is 2. The first kappa shape index (κ1) is 10.5. The molecule has 1 nitrogen and oxygen atoms in total. The molecule has 78 valence electrons. The summed E-state index contributed by atoms with van der Waals surface area (Å²) >= 11 is 7.36.